The summed E-state index contributed by atoms with van der Waals surface area (Å²) in [6.07, 6.45) is 6.41. The molecular formula is C17H10FN7. The first-order valence-electron chi connectivity index (χ1n) is 7.55. The van der Waals surface area contributed by atoms with E-state index in [9.17, 15) is 0 Å². The van der Waals surface area contributed by atoms with Crippen molar-refractivity contribution in [1.82, 2.24) is 35.1 Å². The number of rotatable bonds is 2. The average Bonchev–Trinajstić information content (AvgIpc) is 3.27. The summed E-state index contributed by atoms with van der Waals surface area (Å²) < 4.78 is 15.2. The molecular weight excluding hydrogens is 321 g/mol. The lowest BCUT2D eigenvalue weighted by Crippen LogP contribution is -1.92. The van der Waals surface area contributed by atoms with Gasteiger partial charge in [0.2, 0.25) is 0 Å². The third-order valence-corrected chi connectivity index (χ3v) is 3.96. The predicted molar refractivity (Wildman–Crippen MR) is 90.0 cm³/mol. The van der Waals surface area contributed by atoms with Crippen LogP contribution in [-0.2, 0) is 0 Å². The van der Waals surface area contributed by atoms with E-state index in [1.54, 1.807) is 43.0 Å². The van der Waals surface area contributed by atoms with Gasteiger partial charge in [-0.3, -0.25) is 15.1 Å². The molecule has 0 aliphatic heterocycles. The van der Waals surface area contributed by atoms with Crippen LogP contribution < -0.4 is 0 Å². The summed E-state index contributed by atoms with van der Waals surface area (Å²) in [6.45, 7) is 0. The molecule has 0 aromatic carbocycles. The van der Waals surface area contributed by atoms with Gasteiger partial charge in [0.05, 0.1) is 22.6 Å². The first-order chi connectivity index (χ1) is 12.3. The summed E-state index contributed by atoms with van der Waals surface area (Å²) in [4.78, 5) is 19.9. The van der Waals surface area contributed by atoms with E-state index in [-0.39, 0.29) is 5.69 Å². The fourth-order valence-electron chi connectivity index (χ4n) is 2.81. The third kappa shape index (κ3) is 2.08. The van der Waals surface area contributed by atoms with Crippen LogP contribution in [0.3, 0.4) is 0 Å². The van der Waals surface area contributed by atoms with Gasteiger partial charge in [-0.25, -0.2) is 14.4 Å². The van der Waals surface area contributed by atoms with Crippen LogP contribution in [0.4, 0.5) is 4.39 Å². The molecule has 0 radical (unpaired) electrons. The monoisotopic (exact) mass is 331 g/mol. The van der Waals surface area contributed by atoms with Crippen LogP contribution in [0, 0.1) is 5.82 Å². The first-order valence-corrected chi connectivity index (χ1v) is 7.55. The molecule has 0 fully saturated rings. The Morgan fingerprint density at radius 2 is 1.84 bits per heavy atom. The smallest absolute Gasteiger partial charge is 0.178 e. The molecule has 5 aromatic heterocycles. The molecule has 7 nitrogen and oxygen atoms in total. The maximum absolute atomic E-state index is 15.2. The number of aromatic nitrogens is 7. The molecule has 0 amide bonds. The zero-order chi connectivity index (χ0) is 16.8. The molecule has 0 aliphatic rings. The summed E-state index contributed by atoms with van der Waals surface area (Å²) >= 11 is 0. The lowest BCUT2D eigenvalue weighted by atomic mass is 10.1. The summed E-state index contributed by atoms with van der Waals surface area (Å²) in [6, 6.07) is 7.15. The fraction of sp³-hybridized carbons (Fsp3) is 0. The van der Waals surface area contributed by atoms with Gasteiger partial charge in [0.1, 0.15) is 11.4 Å². The molecule has 0 aliphatic carbocycles. The molecule has 0 atom stereocenters. The number of fused-ring (bicyclic) bond motifs is 2. The second kappa shape index (κ2) is 5.17. The summed E-state index contributed by atoms with van der Waals surface area (Å²) in [7, 11) is 0. The van der Waals surface area contributed by atoms with Crippen molar-refractivity contribution >= 4 is 22.1 Å². The Balaban J connectivity index is 1.77. The summed E-state index contributed by atoms with van der Waals surface area (Å²) in [5.74, 6) is -0.0233. The zero-order valence-corrected chi connectivity index (χ0v) is 12.7. The van der Waals surface area contributed by atoms with Crippen molar-refractivity contribution in [3.63, 3.8) is 0 Å². The average molecular weight is 331 g/mol. The third-order valence-electron chi connectivity index (χ3n) is 3.96. The maximum Gasteiger partial charge on any atom is 0.178 e. The van der Waals surface area contributed by atoms with Crippen LogP contribution in [0.25, 0.3) is 44.8 Å². The van der Waals surface area contributed by atoms with Gasteiger partial charge in [-0.05, 0) is 24.3 Å². The van der Waals surface area contributed by atoms with Crippen molar-refractivity contribution in [1.29, 1.82) is 0 Å². The number of aromatic amines is 2. The lowest BCUT2D eigenvalue weighted by molar-refractivity contribution is 0.638. The minimum Gasteiger partial charge on any atom is -0.335 e. The molecule has 5 heterocycles. The molecule has 0 bridgehead atoms. The van der Waals surface area contributed by atoms with Crippen molar-refractivity contribution in [2.75, 3.05) is 0 Å². The highest BCUT2D eigenvalue weighted by molar-refractivity contribution is 5.94. The van der Waals surface area contributed by atoms with Crippen molar-refractivity contribution in [3.8, 4) is 22.8 Å². The Bertz CT molecular complexity index is 1180. The minimum absolute atomic E-state index is 0.220. The second-order valence-corrected chi connectivity index (χ2v) is 5.48. The Labute approximate surface area is 140 Å². The highest BCUT2D eigenvalue weighted by Crippen LogP contribution is 2.31. The SMILES string of the molecule is Fc1c(-c2cccnc2)ncc2[nH]nc(-c3nc4ncccc4[nH]3)c12. The van der Waals surface area contributed by atoms with Crippen LogP contribution in [0.2, 0.25) is 0 Å². The largest absolute Gasteiger partial charge is 0.335 e. The molecule has 0 unspecified atom stereocenters. The van der Waals surface area contributed by atoms with E-state index in [4.69, 9.17) is 0 Å². The number of H-pyrrole nitrogens is 2. The van der Waals surface area contributed by atoms with E-state index < -0.39 is 5.82 Å². The number of nitrogens with zero attached hydrogens (tertiary/aromatic N) is 5. The molecule has 5 rings (SSSR count). The predicted octanol–water partition coefficient (Wildman–Crippen LogP) is 3.10. The molecule has 25 heavy (non-hydrogen) atoms. The number of pyridine rings is 3. The van der Waals surface area contributed by atoms with Crippen LogP contribution in [-0.4, -0.2) is 35.1 Å². The van der Waals surface area contributed by atoms with Crippen molar-refractivity contribution in [2.45, 2.75) is 0 Å². The minimum atomic E-state index is -0.470. The molecule has 120 valence electrons. The van der Waals surface area contributed by atoms with E-state index in [0.29, 0.717) is 33.6 Å². The van der Waals surface area contributed by atoms with Crippen molar-refractivity contribution < 1.29 is 4.39 Å². The standard InChI is InChI=1S/C17H10FN7/c18-13-12-11(8-21-14(13)9-3-1-5-19-7-9)24-25-15(12)17-22-10-4-2-6-20-16(10)23-17/h1-8H,(H,24,25)(H,20,22,23). The lowest BCUT2D eigenvalue weighted by Gasteiger charge is -2.03. The van der Waals surface area contributed by atoms with Crippen LogP contribution in [0.15, 0.2) is 49.1 Å². The topological polar surface area (TPSA) is 96.0 Å². The number of nitrogens with one attached hydrogen (secondary N) is 2. The van der Waals surface area contributed by atoms with Gasteiger partial charge >= 0.3 is 0 Å². The van der Waals surface area contributed by atoms with Gasteiger partial charge in [0.15, 0.2) is 17.3 Å². The summed E-state index contributed by atoms with van der Waals surface area (Å²) in [5, 5.41) is 7.34. The number of halogens is 1. The van der Waals surface area contributed by atoms with Gasteiger partial charge < -0.3 is 4.98 Å². The van der Waals surface area contributed by atoms with Gasteiger partial charge in [0.25, 0.3) is 0 Å². The Kier molecular flexibility index (Phi) is 2.84. The van der Waals surface area contributed by atoms with Gasteiger partial charge in [0, 0.05) is 24.2 Å². The van der Waals surface area contributed by atoms with Crippen LogP contribution in [0.5, 0.6) is 0 Å². The number of imidazole rings is 1. The Hall–Kier alpha value is -3.68. The second-order valence-electron chi connectivity index (χ2n) is 5.48. The summed E-state index contributed by atoms with van der Waals surface area (Å²) in [5.41, 5.74) is 3.01. The Morgan fingerprint density at radius 1 is 0.920 bits per heavy atom. The fourth-order valence-corrected chi connectivity index (χ4v) is 2.81. The maximum atomic E-state index is 15.2. The van der Waals surface area contributed by atoms with Gasteiger partial charge in [-0.1, -0.05) is 0 Å². The van der Waals surface area contributed by atoms with Gasteiger partial charge in [-0.2, -0.15) is 5.10 Å². The molecule has 2 N–H and O–H groups in total. The van der Waals surface area contributed by atoms with E-state index in [1.165, 1.54) is 0 Å². The quantitative estimate of drug-likeness (QED) is 0.518. The van der Waals surface area contributed by atoms with E-state index in [0.717, 1.165) is 5.52 Å². The van der Waals surface area contributed by atoms with Gasteiger partial charge in [-0.15, -0.1) is 0 Å². The van der Waals surface area contributed by atoms with E-state index >= 15 is 4.39 Å². The zero-order valence-electron chi connectivity index (χ0n) is 12.7. The van der Waals surface area contributed by atoms with E-state index in [2.05, 4.69) is 35.1 Å². The number of hydrogen-bond donors (Lipinski definition) is 2. The molecule has 8 heteroatoms. The number of hydrogen-bond acceptors (Lipinski definition) is 5. The molecule has 0 saturated heterocycles. The Morgan fingerprint density at radius 3 is 2.68 bits per heavy atom. The normalized spacial score (nSPS) is 11.4. The molecule has 0 spiro atoms. The van der Waals surface area contributed by atoms with Crippen LogP contribution in [0.1, 0.15) is 0 Å². The van der Waals surface area contributed by atoms with Crippen molar-refractivity contribution in [2.24, 2.45) is 0 Å². The highest BCUT2D eigenvalue weighted by atomic mass is 19.1. The van der Waals surface area contributed by atoms with Crippen molar-refractivity contribution in [3.05, 3.63) is 54.9 Å². The van der Waals surface area contributed by atoms with Crippen LogP contribution >= 0.6 is 0 Å². The first kappa shape index (κ1) is 13.7. The molecule has 5 aromatic rings. The highest BCUT2D eigenvalue weighted by Gasteiger charge is 2.20. The molecule has 0 saturated carbocycles. The van der Waals surface area contributed by atoms with E-state index in [1.807, 2.05) is 6.07 Å².